The molecule has 4 aromatic rings. The van der Waals surface area contributed by atoms with Crippen molar-refractivity contribution in [2.45, 2.75) is 6.54 Å². The van der Waals surface area contributed by atoms with Crippen LogP contribution in [0.5, 0.6) is 0 Å². The summed E-state index contributed by atoms with van der Waals surface area (Å²) in [6.45, 7) is 0.156. The summed E-state index contributed by atoms with van der Waals surface area (Å²) in [5.41, 5.74) is 1.18. The van der Waals surface area contributed by atoms with Crippen molar-refractivity contribution in [1.29, 1.82) is 0 Å². The number of nitro groups is 1. The van der Waals surface area contributed by atoms with Crippen LogP contribution in [-0.4, -0.2) is 15.8 Å². The number of rotatable bonds is 6. The second-order valence-corrected chi connectivity index (χ2v) is 7.84. The van der Waals surface area contributed by atoms with Crippen LogP contribution >= 0.6 is 11.3 Å². The van der Waals surface area contributed by atoms with E-state index in [1.165, 1.54) is 41.3 Å². The first-order chi connectivity index (χ1) is 15.4. The lowest BCUT2D eigenvalue weighted by Gasteiger charge is -2.18. The molecule has 9 heteroatoms. The van der Waals surface area contributed by atoms with Gasteiger partial charge in [0.25, 0.3) is 11.6 Å². The number of aromatic nitrogens is 1. The van der Waals surface area contributed by atoms with Gasteiger partial charge in [0.2, 0.25) is 0 Å². The van der Waals surface area contributed by atoms with Crippen molar-refractivity contribution in [3.63, 3.8) is 0 Å². The Kier molecular flexibility index (Phi) is 6.00. The Morgan fingerprint density at radius 3 is 2.62 bits per heavy atom. The normalized spacial score (nSPS) is 11.2. The maximum Gasteiger partial charge on any atom is 0.270 e. The summed E-state index contributed by atoms with van der Waals surface area (Å²) in [7, 11) is 0. The van der Waals surface area contributed by atoms with E-state index in [-0.39, 0.29) is 27.6 Å². The minimum atomic E-state index is -0.804. The van der Waals surface area contributed by atoms with Gasteiger partial charge in [-0.15, -0.1) is 0 Å². The zero-order chi connectivity index (χ0) is 22.7. The van der Waals surface area contributed by atoms with Crippen LogP contribution in [0.3, 0.4) is 0 Å². The number of thiazole rings is 1. The van der Waals surface area contributed by atoms with Gasteiger partial charge in [0.1, 0.15) is 11.3 Å². The maximum atomic E-state index is 14.2. The molecule has 0 aliphatic carbocycles. The van der Waals surface area contributed by atoms with Gasteiger partial charge in [-0.2, -0.15) is 0 Å². The van der Waals surface area contributed by atoms with Crippen molar-refractivity contribution in [3.05, 3.63) is 106 Å². The molecule has 0 aliphatic rings. The number of fused-ring (bicyclic) bond motifs is 1. The molecule has 0 unspecified atom stereocenters. The summed E-state index contributed by atoms with van der Waals surface area (Å²) in [6, 6.07) is 16.9. The second kappa shape index (κ2) is 9.03. The van der Waals surface area contributed by atoms with Crippen molar-refractivity contribution < 1.29 is 18.5 Å². The van der Waals surface area contributed by atoms with Gasteiger partial charge in [0.15, 0.2) is 10.9 Å². The number of halogens is 2. The highest BCUT2D eigenvalue weighted by Gasteiger charge is 2.20. The van der Waals surface area contributed by atoms with Gasteiger partial charge in [-0.1, -0.05) is 53.8 Å². The van der Waals surface area contributed by atoms with E-state index in [1.807, 2.05) is 30.3 Å². The van der Waals surface area contributed by atoms with E-state index in [0.717, 1.165) is 23.0 Å². The number of hydrogen-bond acceptors (Lipinski definition) is 5. The Balaban J connectivity index is 1.69. The van der Waals surface area contributed by atoms with E-state index >= 15 is 0 Å². The number of nitro benzene ring substituents is 1. The van der Waals surface area contributed by atoms with E-state index in [9.17, 15) is 23.7 Å². The van der Waals surface area contributed by atoms with Crippen LogP contribution < -0.4 is 4.90 Å². The quantitative estimate of drug-likeness (QED) is 0.213. The minimum absolute atomic E-state index is 0.0140. The average molecular weight is 451 g/mol. The first-order valence-corrected chi connectivity index (χ1v) is 10.3. The van der Waals surface area contributed by atoms with Gasteiger partial charge < -0.3 is 0 Å². The third-order valence-corrected chi connectivity index (χ3v) is 5.61. The molecule has 0 atom stereocenters. The number of nitrogens with zero attached hydrogens (tertiary/aromatic N) is 3. The monoisotopic (exact) mass is 451 g/mol. The van der Waals surface area contributed by atoms with Crippen LogP contribution in [-0.2, 0) is 11.3 Å². The van der Waals surface area contributed by atoms with E-state index in [1.54, 1.807) is 6.07 Å². The maximum absolute atomic E-state index is 14.2. The Labute approximate surface area is 185 Å². The fourth-order valence-electron chi connectivity index (χ4n) is 3.07. The van der Waals surface area contributed by atoms with Gasteiger partial charge in [0, 0.05) is 24.3 Å². The Bertz CT molecular complexity index is 1340. The first kappa shape index (κ1) is 21.3. The van der Waals surface area contributed by atoms with Crippen molar-refractivity contribution in [2.75, 3.05) is 4.90 Å². The highest BCUT2D eigenvalue weighted by Crippen LogP contribution is 2.32. The lowest BCUT2D eigenvalue weighted by Crippen LogP contribution is -2.28. The Hall–Kier alpha value is -3.98. The Morgan fingerprint density at radius 1 is 1.09 bits per heavy atom. The van der Waals surface area contributed by atoms with Crippen molar-refractivity contribution in [2.24, 2.45) is 0 Å². The van der Waals surface area contributed by atoms with E-state index in [4.69, 9.17) is 0 Å². The highest BCUT2D eigenvalue weighted by molar-refractivity contribution is 7.22. The molecule has 1 heterocycles. The van der Waals surface area contributed by atoms with E-state index < -0.39 is 22.5 Å². The van der Waals surface area contributed by atoms with Gasteiger partial charge >= 0.3 is 0 Å². The largest absolute Gasteiger partial charge is 0.280 e. The zero-order valence-corrected chi connectivity index (χ0v) is 17.3. The number of carbonyl (C=O) groups excluding carboxylic acids is 1. The molecule has 0 bridgehead atoms. The third kappa shape index (κ3) is 4.68. The number of carbonyl (C=O) groups is 1. The van der Waals surface area contributed by atoms with Gasteiger partial charge in [0.05, 0.1) is 16.2 Å². The Morgan fingerprint density at radius 2 is 1.88 bits per heavy atom. The van der Waals surface area contributed by atoms with Gasteiger partial charge in [-0.3, -0.25) is 19.8 Å². The number of non-ortho nitro benzene ring substituents is 1. The first-order valence-electron chi connectivity index (χ1n) is 9.44. The highest BCUT2D eigenvalue weighted by atomic mass is 32.1. The molecule has 0 aliphatic heterocycles. The molecular weight excluding hydrogens is 436 g/mol. The molecule has 6 nitrogen and oxygen atoms in total. The van der Waals surface area contributed by atoms with Crippen LogP contribution in [0.4, 0.5) is 19.6 Å². The van der Waals surface area contributed by atoms with Crippen LogP contribution in [0, 0.1) is 21.7 Å². The molecule has 4 rings (SSSR count). The summed E-state index contributed by atoms with van der Waals surface area (Å²) >= 11 is 1.00. The van der Waals surface area contributed by atoms with Crippen LogP contribution in [0.2, 0.25) is 0 Å². The molecule has 0 saturated heterocycles. The number of benzene rings is 3. The summed E-state index contributed by atoms with van der Waals surface area (Å²) in [4.78, 5) is 29.1. The van der Waals surface area contributed by atoms with Crippen LogP contribution in [0.25, 0.3) is 16.3 Å². The average Bonchev–Trinajstić information content (AvgIpc) is 3.21. The smallest absolute Gasteiger partial charge is 0.270 e. The van der Waals surface area contributed by atoms with Gasteiger partial charge in [-0.05, 0) is 23.3 Å². The lowest BCUT2D eigenvalue weighted by molar-refractivity contribution is -0.384. The van der Waals surface area contributed by atoms with Crippen LogP contribution in [0.15, 0.2) is 72.8 Å². The molecule has 160 valence electrons. The van der Waals surface area contributed by atoms with E-state index in [2.05, 4.69) is 4.98 Å². The van der Waals surface area contributed by atoms with Crippen LogP contribution in [0.1, 0.15) is 11.1 Å². The topological polar surface area (TPSA) is 76.3 Å². The van der Waals surface area contributed by atoms with Crippen molar-refractivity contribution in [1.82, 2.24) is 4.98 Å². The molecule has 32 heavy (non-hydrogen) atoms. The molecule has 1 aromatic heterocycles. The van der Waals surface area contributed by atoms with Crippen molar-refractivity contribution >= 4 is 44.4 Å². The molecule has 0 radical (unpaired) electrons. The number of hydrogen-bond donors (Lipinski definition) is 0. The standard InChI is InChI=1S/C23H15F2N3O3S/c24-17-12-19(25)22-20(13-17)32-23(26-22)27(14-16-5-2-1-3-6-16)21(29)10-9-15-7-4-8-18(11-15)28(30)31/h1-13H,14H2/b10-9+. The van der Waals surface area contributed by atoms with E-state index in [0.29, 0.717) is 5.56 Å². The SMILES string of the molecule is O=C(/C=C/c1cccc([N+](=O)[O-])c1)N(Cc1ccccc1)c1nc2c(F)cc(F)cc2s1. The predicted octanol–water partition coefficient (Wildman–Crippen LogP) is 5.73. The summed E-state index contributed by atoms with van der Waals surface area (Å²) < 4.78 is 28.0. The molecular formula is C23H15F2N3O3S. The fraction of sp³-hybridized carbons (Fsp3) is 0.0435. The predicted molar refractivity (Wildman–Crippen MR) is 119 cm³/mol. The number of anilines is 1. The summed E-state index contributed by atoms with van der Waals surface area (Å²) in [5.74, 6) is -1.99. The molecule has 1 amide bonds. The van der Waals surface area contributed by atoms with Gasteiger partial charge in [-0.25, -0.2) is 13.8 Å². The lowest BCUT2D eigenvalue weighted by atomic mass is 10.2. The molecule has 0 N–H and O–H groups in total. The fourth-order valence-corrected chi connectivity index (χ4v) is 4.08. The number of amides is 1. The second-order valence-electron chi connectivity index (χ2n) is 6.83. The zero-order valence-electron chi connectivity index (χ0n) is 16.4. The summed E-state index contributed by atoms with van der Waals surface area (Å²) in [5, 5.41) is 11.2. The molecule has 3 aromatic carbocycles. The van der Waals surface area contributed by atoms with Crippen molar-refractivity contribution in [3.8, 4) is 0 Å². The third-order valence-electron chi connectivity index (χ3n) is 4.58. The summed E-state index contributed by atoms with van der Waals surface area (Å²) in [6.07, 6.45) is 2.73. The molecule has 0 saturated carbocycles. The minimum Gasteiger partial charge on any atom is -0.280 e. The molecule has 0 fully saturated rings. The molecule has 0 spiro atoms.